The van der Waals surface area contributed by atoms with Crippen LogP contribution in [0.25, 0.3) is 0 Å². The van der Waals surface area contributed by atoms with Crippen molar-refractivity contribution in [3.8, 4) is 11.6 Å². The van der Waals surface area contributed by atoms with E-state index in [0.717, 1.165) is 6.20 Å². The zero-order valence-electron chi connectivity index (χ0n) is 10.8. The largest absolute Gasteiger partial charge is 0.430 e. The Morgan fingerprint density at radius 2 is 2.29 bits per heavy atom. The monoisotopic (exact) mass is 356 g/mol. The maximum absolute atomic E-state index is 13.7. The van der Waals surface area contributed by atoms with E-state index in [4.69, 9.17) is 4.74 Å². The van der Waals surface area contributed by atoms with E-state index in [9.17, 15) is 14.5 Å². The molecule has 1 aromatic heterocycles. The molecule has 0 spiro atoms. The molecule has 1 N–H and O–H groups in total. The number of ether oxygens (including phenoxy) is 1. The van der Waals surface area contributed by atoms with Crippen LogP contribution in [-0.2, 0) is 0 Å². The molecule has 0 radical (unpaired) electrons. The first-order valence-electron chi connectivity index (χ1n) is 5.89. The van der Waals surface area contributed by atoms with E-state index >= 15 is 0 Å². The highest BCUT2D eigenvalue weighted by molar-refractivity contribution is 9.10. The lowest BCUT2D eigenvalue weighted by Gasteiger charge is -2.08. The summed E-state index contributed by atoms with van der Waals surface area (Å²) in [7, 11) is 0. The Hall–Kier alpha value is -2.29. The van der Waals surface area contributed by atoms with Gasteiger partial charge in [-0.25, -0.2) is 9.37 Å². The fourth-order valence-electron chi connectivity index (χ4n) is 1.46. The Kier molecular flexibility index (Phi) is 4.63. The standard InChI is InChI=1S/C12H10BrFN4O3/c1-2-15-12-16-6-9(18(19)20)11(17-12)21-10-5-7(13)3-4-8(10)14/h3-6H,2H2,1H3,(H,15,16,17). The third-order valence-electron chi connectivity index (χ3n) is 2.37. The molecule has 7 nitrogen and oxygen atoms in total. The van der Waals surface area contributed by atoms with Gasteiger partial charge in [0, 0.05) is 11.0 Å². The van der Waals surface area contributed by atoms with E-state index in [1.165, 1.54) is 18.2 Å². The summed E-state index contributed by atoms with van der Waals surface area (Å²) in [5.74, 6) is -0.999. The SMILES string of the molecule is CCNc1ncc([N+](=O)[O-])c(Oc2cc(Br)ccc2F)n1. The lowest BCUT2D eigenvalue weighted by atomic mass is 10.3. The molecule has 0 aliphatic heterocycles. The first-order valence-corrected chi connectivity index (χ1v) is 6.68. The Labute approximate surface area is 127 Å². The van der Waals surface area contributed by atoms with Gasteiger partial charge in [0.2, 0.25) is 5.95 Å². The van der Waals surface area contributed by atoms with Crippen molar-refractivity contribution in [1.29, 1.82) is 0 Å². The fraction of sp³-hybridized carbons (Fsp3) is 0.167. The molecular weight excluding hydrogens is 347 g/mol. The van der Waals surface area contributed by atoms with Gasteiger partial charge in [-0.1, -0.05) is 15.9 Å². The Morgan fingerprint density at radius 1 is 1.52 bits per heavy atom. The predicted molar refractivity (Wildman–Crippen MR) is 77.0 cm³/mol. The molecule has 0 fully saturated rings. The highest BCUT2D eigenvalue weighted by atomic mass is 79.9. The lowest BCUT2D eigenvalue weighted by Crippen LogP contribution is -2.05. The van der Waals surface area contributed by atoms with Crippen LogP contribution < -0.4 is 10.1 Å². The number of benzene rings is 1. The van der Waals surface area contributed by atoms with Crippen molar-refractivity contribution >= 4 is 27.6 Å². The summed E-state index contributed by atoms with van der Waals surface area (Å²) in [6, 6.07) is 4.02. The first kappa shape index (κ1) is 15.1. The number of hydrogen-bond donors (Lipinski definition) is 1. The maximum Gasteiger partial charge on any atom is 0.349 e. The van der Waals surface area contributed by atoms with Crippen molar-refractivity contribution in [2.75, 3.05) is 11.9 Å². The van der Waals surface area contributed by atoms with Gasteiger partial charge in [0.05, 0.1) is 4.92 Å². The minimum atomic E-state index is -0.694. The molecule has 1 heterocycles. The van der Waals surface area contributed by atoms with Gasteiger partial charge in [-0.15, -0.1) is 0 Å². The number of anilines is 1. The van der Waals surface area contributed by atoms with Crippen molar-refractivity contribution in [2.45, 2.75) is 6.92 Å². The van der Waals surface area contributed by atoms with Crippen LogP contribution in [0.15, 0.2) is 28.9 Å². The van der Waals surface area contributed by atoms with E-state index in [1.807, 2.05) is 6.92 Å². The fourth-order valence-corrected chi connectivity index (χ4v) is 1.80. The van der Waals surface area contributed by atoms with Crippen LogP contribution in [0.5, 0.6) is 11.6 Å². The lowest BCUT2D eigenvalue weighted by molar-refractivity contribution is -0.386. The molecule has 0 bridgehead atoms. The Balaban J connectivity index is 2.43. The van der Waals surface area contributed by atoms with Crippen molar-refractivity contribution in [1.82, 2.24) is 9.97 Å². The molecular formula is C12H10BrFN4O3. The van der Waals surface area contributed by atoms with E-state index in [-0.39, 0.29) is 17.6 Å². The molecule has 0 atom stereocenters. The molecule has 21 heavy (non-hydrogen) atoms. The van der Waals surface area contributed by atoms with Crippen LogP contribution in [-0.4, -0.2) is 21.4 Å². The van der Waals surface area contributed by atoms with Crippen molar-refractivity contribution < 1.29 is 14.1 Å². The Morgan fingerprint density at radius 3 is 2.95 bits per heavy atom. The van der Waals surface area contributed by atoms with Crippen molar-refractivity contribution in [3.63, 3.8) is 0 Å². The number of nitro groups is 1. The first-order chi connectivity index (χ1) is 10.0. The van der Waals surface area contributed by atoms with Gasteiger partial charge in [0.25, 0.3) is 0 Å². The number of nitrogens with one attached hydrogen (secondary N) is 1. The van der Waals surface area contributed by atoms with Crippen molar-refractivity contribution in [3.05, 3.63) is 44.8 Å². The van der Waals surface area contributed by atoms with E-state index in [1.54, 1.807) is 0 Å². The van der Waals surface area contributed by atoms with Gasteiger partial charge in [-0.2, -0.15) is 4.98 Å². The van der Waals surface area contributed by atoms with E-state index < -0.39 is 16.4 Å². The molecule has 0 saturated carbocycles. The maximum atomic E-state index is 13.7. The molecule has 0 aliphatic rings. The molecule has 9 heteroatoms. The summed E-state index contributed by atoms with van der Waals surface area (Å²) in [5.41, 5.74) is -0.448. The number of halogens is 2. The summed E-state index contributed by atoms with van der Waals surface area (Å²) in [5, 5.41) is 13.8. The molecule has 0 amide bonds. The second-order valence-electron chi connectivity index (χ2n) is 3.85. The van der Waals surface area contributed by atoms with Gasteiger partial charge in [0.1, 0.15) is 6.20 Å². The van der Waals surface area contributed by atoms with E-state index in [2.05, 4.69) is 31.2 Å². The summed E-state index contributed by atoms with van der Waals surface area (Å²) >= 11 is 3.17. The summed E-state index contributed by atoms with van der Waals surface area (Å²) < 4.78 is 19.5. The number of hydrogen-bond acceptors (Lipinski definition) is 6. The predicted octanol–water partition coefficient (Wildman–Crippen LogP) is 3.51. The van der Waals surface area contributed by atoms with Crippen LogP contribution in [0.4, 0.5) is 16.0 Å². The molecule has 0 saturated heterocycles. The van der Waals surface area contributed by atoms with Gasteiger partial charge in [0.15, 0.2) is 11.6 Å². The van der Waals surface area contributed by atoms with Crippen LogP contribution in [0.3, 0.4) is 0 Å². The molecule has 2 rings (SSSR count). The quantitative estimate of drug-likeness (QED) is 0.651. The van der Waals surface area contributed by atoms with Crippen LogP contribution in [0, 0.1) is 15.9 Å². The zero-order chi connectivity index (χ0) is 15.4. The molecule has 0 unspecified atom stereocenters. The summed E-state index contributed by atoms with van der Waals surface area (Å²) in [4.78, 5) is 17.9. The second kappa shape index (κ2) is 6.44. The minimum absolute atomic E-state index is 0.161. The molecule has 1 aromatic carbocycles. The summed E-state index contributed by atoms with van der Waals surface area (Å²) in [6.45, 7) is 2.35. The van der Waals surface area contributed by atoms with Crippen LogP contribution in [0.1, 0.15) is 6.92 Å². The molecule has 2 aromatic rings. The van der Waals surface area contributed by atoms with Gasteiger partial charge in [-0.3, -0.25) is 10.1 Å². The highest BCUT2D eigenvalue weighted by Crippen LogP contribution is 2.32. The summed E-state index contributed by atoms with van der Waals surface area (Å²) in [6.07, 6.45) is 1.01. The number of aromatic nitrogens is 2. The molecule has 110 valence electrons. The third-order valence-corrected chi connectivity index (χ3v) is 2.86. The van der Waals surface area contributed by atoms with Crippen molar-refractivity contribution in [2.24, 2.45) is 0 Å². The van der Waals surface area contributed by atoms with Crippen LogP contribution >= 0.6 is 15.9 Å². The average Bonchev–Trinajstić information content (AvgIpc) is 2.43. The number of nitrogens with zero attached hydrogens (tertiary/aromatic N) is 3. The number of rotatable bonds is 5. The molecule has 0 aliphatic carbocycles. The minimum Gasteiger partial charge on any atom is -0.430 e. The van der Waals surface area contributed by atoms with Gasteiger partial charge in [-0.05, 0) is 25.1 Å². The van der Waals surface area contributed by atoms with Gasteiger partial charge >= 0.3 is 11.6 Å². The second-order valence-corrected chi connectivity index (χ2v) is 4.76. The van der Waals surface area contributed by atoms with E-state index in [0.29, 0.717) is 11.0 Å². The average molecular weight is 357 g/mol. The normalized spacial score (nSPS) is 10.2. The van der Waals surface area contributed by atoms with Gasteiger partial charge < -0.3 is 10.1 Å². The Bertz CT molecular complexity index is 684. The topological polar surface area (TPSA) is 90.2 Å². The van der Waals surface area contributed by atoms with Crippen LogP contribution in [0.2, 0.25) is 0 Å². The zero-order valence-corrected chi connectivity index (χ0v) is 12.4. The highest BCUT2D eigenvalue weighted by Gasteiger charge is 2.21. The third kappa shape index (κ3) is 3.63. The smallest absolute Gasteiger partial charge is 0.349 e.